The van der Waals surface area contributed by atoms with Crippen molar-refractivity contribution in [3.63, 3.8) is 0 Å². The maximum atomic E-state index is 12.2. The number of nitrogens with one attached hydrogen (secondary N) is 1. The molecule has 0 radical (unpaired) electrons. The molecule has 0 saturated heterocycles. The number of rotatable bonds is 6. The van der Waals surface area contributed by atoms with Gasteiger partial charge in [-0.25, -0.2) is 0 Å². The van der Waals surface area contributed by atoms with Gasteiger partial charge in [0.2, 0.25) is 0 Å². The van der Waals surface area contributed by atoms with E-state index >= 15 is 0 Å². The number of para-hydroxylation sites is 1. The summed E-state index contributed by atoms with van der Waals surface area (Å²) in [5.74, 6) is 1.16. The predicted octanol–water partition coefficient (Wildman–Crippen LogP) is 3.85. The van der Waals surface area contributed by atoms with Gasteiger partial charge in [0.05, 0.1) is 18.2 Å². The molecule has 0 aliphatic rings. The van der Waals surface area contributed by atoms with Crippen molar-refractivity contribution in [2.24, 2.45) is 0 Å². The second-order valence-corrected chi connectivity index (χ2v) is 5.71. The molecule has 0 aliphatic heterocycles. The zero-order valence-corrected chi connectivity index (χ0v) is 14.2. The number of carbonyl (C=O) groups is 1. The lowest BCUT2D eigenvalue weighted by atomic mass is 10.2. The Labute approximate surface area is 141 Å². The topological polar surface area (TPSA) is 47.6 Å². The molecule has 0 bridgehead atoms. The molecule has 1 N–H and O–H groups in total. The van der Waals surface area contributed by atoms with Crippen molar-refractivity contribution in [3.05, 3.63) is 58.6 Å². The van der Waals surface area contributed by atoms with Crippen molar-refractivity contribution in [1.82, 2.24) is 5.32 Å². The Morgan fingerprint density at radius 2 is 1.96 bits per heavy atom. The van der Waals surface area contributed by atoms with Crippen molar-refractivity contribution in [3.8, 4) is 11.5 Å². The fraction of sp³-hybridized carbons (Fsp3) is 0.278. The number of aryl methyl sites for hydroxylation is 1. The highest BCUT2D eigenvalue weighted by atomic mass is 35.5. The van der Waals surface area contributed by atoms with Crippen LogP contribution in [0.15, 0.2) is 42.5 Å². The molecule has 2 aromatic rings. The van der Waals surface area contributed by atoms with E-state index in [4.69, 9.17) is 21.1 Å². The summed E-state index contributed by atoms with van der Waals surface area (Å²) in [5, 5.41) is 3.29. The van der Waals surface area contributed by atoms with E-state index in [0.29, 0.717) is 22.9 Å². The predicted molar refractivity (Wildman–Crippen MR) is 91.6 cm³/mol. The zero-order valence-electron chi connectivity index (χ0n) is 13.4. The molecule has 1 unspecified atom stereocenters. The molecule has 1 atom stereocenters. The van der Waals surface area contributed by atoms with E-state index in [2.05, 4.69) is 5.32 Å². The van der Waals surface area contributed by atoms with E-state index in [1.165, 1.54) is 7.11 Å². The molecule has 1 amide bonds. The van der Waals surface area contributed by atoms with Crippen LogP contribution in [0.5, 0.6) is 11.5 Å². The number of benzene rings is 2. The summed E-state index contributed by atoms with van der Waals surface area (Å²) in [6.45, 7) is 4.26. The highest BCUT2D eigenvalue weighted by Crippen LogP contribution is 2.24. The Bertz CT molecular complexity index is 688. The summed E-state index contributed by atoms with van der Waals surface area (Å²) in [4.78, 5) is 12.2. The molecule has 0 fully saturated rings. The number of hydrogen-bond donors (Lipinski definition) is 1. The minimum Gasteiger partial charge on any atom is -0.495 e. The first-order valence-electron chi connectivity index (χ1n) is 7.34. The second kappa shape index (κ2) is 7.88. The number of hydrogen-bond acceptors (Lipinski definition) is 3. The Kier molecular flexibility index (Phi) is 5.88. The number of carbonyl (C=O) groups excluding carboxylic acids is 1. The van der Waals surface area contributed by atoms with E-state index in [9.17, 15) is 4.79 Å². The van der Waals surface area contributed by atoms with Gasteiger partial charge in [0.25, 0.3) is 5.91 Å². The first-order valence-corrected chi connectivity index (χ1v) is 7.72. The third-order valence-corrected chi connectivity index (χ3v) is 3.67. The second-order valence-electron chi connectivity index (χ2n) is 5.30. The Balaban J connectivity index is 1.92. The molecule has 4 nitrogen and oxygen atoms in total. The molecule has 2 rings (SSSR count). The van der Waals surface area contributed by atoms with E-state index in [-0.39, 0.29) is 11.9 Å². The van der Waals surface area contributed by atoms with Gasteiger partial charge >= 0.3 is 0 Å². The van der Waals surface area contributed by atoms with Crippen LogP contribution in [0.1, 0.15) is 22.8 Å². The molecule has 0 aliphatic carbocycles. The van der Waals surface area contributed by atoms with Crippen LogP contribution in [-0.4, -0.2) is 25.7 Å². The van der Waals surface area contributed by atoms with E-state index in [1.54, 1.807) is 18.2 Å². The fourth-order valence-electron chi connectivity index (χ4n) is 2.09. The summed E-state index contributed by atoms with van der Waals surface area (Å²) in [7, 11) is 1.53. The monoisotopic (exact) mass is 333 g/mol. The normalized spacial score (nSPS) is 11.7. The molecule has 0 spiro atoms. The third-order valence-electron chi connectivity index (χ3n) is 3.37. The van der Waals surface area contributed by atoms with Crippen LogP contribution in [-0.2, 0) is 0 Å². The van der Waals surface area contributed by atoms with Gasteiger partial charge in [-0.05, 0) is 43.7 Å². The van der Waals surface area contributed by atoms with Gasteiger partial charge in [-0.2, -0.15) is 0 Å². The minimum atomic E-state index is -0.199. The third kappa shape index (κ3) is 4.63. The average molecular weight is 334 g/mol. The molecule has 2 aromatic carbocycles. The van der Waals surface area contributed by atoms with Gasteiger partial charge in [-0.3, -0.25) is 4.79 Å². The van der Waals surface area contributed by atoms with Crippen LogP contribution in [0, 0.1) is 6.92 Å². The maximum absolute atomic E-state index is 12.2. The molecule has 0 saturated carbocycles. The number of halogens is 1. The Hall–Kier alpha value is -2.20. The van der Waals surface area contributed by atoms with Gasteiger partial charge in [0.15, 0.2) is 0 Å². The SMILES string of the molecule is COc1ccc(C(=O)NC(C)COc2ccccc2C)cc1Cl. The molecule has 23 heavy (non-hydrogen) atoms. The van der Waals surface area contributed by atoms with Gasteiger partial charge in [0.1, 0.15) is 18.1 Å². The Morgan fingerprint density at radius 3 is 2.61 bits per heavy atom. The smallest absolute Gasteiger partial charge is 0.251 e. The molecule has 0 heterocycles. The first-order chi connectivity index (χ1) is 11.0. The molecular weight excluding hydrogens is 314 g/mol. The largest absolute Gasteiger partial charge is 0.495 e. The highest BCUT2D eigenvalue weighted by molar-refractivity contribution is 6.32. The Morgan fingerprint density at radius 1 is 1.22 bits per heavy atom. The molecule has 5 heteroatoms. The quantitative estimate of drug-likeness (QED) is 0.873. The van der Waals surface area contributed by atoms with E-state index in [0.717, 1.165) is 11.3 Å². The minimum absolute atomic E-state index is 0.136. The van der Waals surface area contributed by atoms with Crippen LogP contribution in [0.25, 0.3) is 0 Å². The fourth-order valence-corrected chi connectivity index (χ4v) is 2.35. The lowest BCUT2D eigenvalue weighted by molar-refractivity contribution is 0.0926. The molecule has 0 aromatic heterocycles. The average Bonchev–Trinajstić information content (AvgIpc) is 2.54. The summed E-state index contributed by atoms with van der Waals surface area (Å²) < 4.78 is 10.8. The van der Waals surface area contributed by atoms with Crippen LogP contribution in [0.2, 0.25) is 5.02 Å². The lowest BCUT2D eigenvalue weighted by Crippen LogP contribution is -2.36. The van der Waals surface area contributed by atoms with Crippen molar-refractivity contribution in [1.29, 1.82) is 0 Å². The number of methoxy groups -OCH3 is 1. The van der Waals surface area contributed by atoms with Gasteiger partial charge < -0.3 is 14.8 Å². The first kappa shape index (κ1) is 17.2. The summed E-state index contributed by atoms with van der Waals surface area (Å²) in [6.07, 6.45) is 0. The van der Waals surface area contributed by atoms with Crippen molar-refractivity contribution >= 4 is 17.5 Å². The number of amides is 1. The van der Waals surface area contributed by atoms with Crippen LogP contribution >= 0.6 is 11.6 Å². The van der Waals surface area contributed by atoms with Crippen molar-refractivity contribution < 1.29 is 14.3 Å². The maximum Gasteiger partial charge on any atom is 0.251 e. The van der Waals surface area contributed by atoms with Crippen molar-refractivity contribution in [2.45, 2.75) is 19.9 Å². The molecule has 122 valence electrons. The summed E-state index contributed by atoms with van der Waals surface area (Å²) in [6, 6.07) is 12.6. The van der Waals surface area contributed by atoms with Gasteiger partial charge in [0, 0.05) is 5.56 Å². The molecular formula is C18H20ClNO3. The zero-order chi connectivity index (χ0) is 16.8. The van der Waals surface area contributed by atoms with E-state index < -0.39 is 0 Å². The van der Waals surface area contributed by atoms with Crippen LogP contribution in [0.3, 0.4) is 0 Å². The van der Waals surface area contributed by atoms with Gasteiger partial charge in [-0.15, -0.1) is 0 Å². The van der Waals surface area contributed by atoms with Gasteiger partial charge in [-0.1, -0.05) is 29.8 Å². The highest BCUT2D eigenvalue weighted by Gasteiger charge is 2.12. The van der Waals surface area contributed by atoms with Crippen LogP contribution in [0.4, 0.5) is 0 Å². The number of ether oxygens (including phenoxy) is 2. The summed E-state index contributed by atoms with van der Waals surface area (Å²) in [5.41, 5.74) is 1.55. The van der Waals surface area contributed by atoms with Crippen LogP contribution < -0.4 is 14.8 Å². The van der Waals surface area contributed by atoms with E-state index in [1.807, 2.05) is 38.1 Å². The van der Waals surface area contributed by atoms with Crippen molar-refractivity contribution in [2.75, 3.05) is 13.7 Å². The lowest BCUT2D eigenvalue weighted by Gasteiger charge is -2.16. The standard InChI is InChI=1S/C18H20ClNO3/c1-12-6-4-5-7-16(12)23-11-13(2)20-18(21)14-8-9-17(22-3)15(19)10-14/h4-10,13H,11H2,1-3H3,(H,20,21). The summed E-state index contributed by atoms with van der Waals surface area (Å²) >= 11 is 6.04.